The third-order valence-electron chi connectivity index (χ3n) is 2.53. The van der Waals surface area contributed by atoms with Crippen LogP contribution in [0, 0.1) is 11.6 Å². The zero-order valence-electron chi connectivity index (χ0n) is 10.8. The summed E-state index contributed by atoms with van der Waals surface area (Å²) in [6, 6.07) is 3.95. The first-order valence-electron chi connectivity index (χ1n) is 6.08. The smallest absolute Gasteiger partial charge is 0.253 e. The van der Waals surface area contributed by atoms with Crippen LogP contribution in [-0.4, -0.2) is 22.8 Å². The molecule has 4 nitrogen and oxygen atoms in total. The van der Waals surface area contributed by atoms with Crippen LogP contribution in [-0.2, 0) is 6.42 Å². The van der Waals surface area contributed by atoms with Crippen LogP contribution in [0.25, 0.3) is 11.5 Å². The molecule has 1 aromatic heterocycles. The second-order valence-corrected chi connectivity index (χ2v) is 4.46. The molecule has 0 saturated heterocycles. The van der Waals surface area contributed by atoms with E-state index in [-0.39, 0.29) is 11.5 Å². The standard InChI is InChI=1S/C13H15F2N3O/c1-8(2)16-7-6-11-17-18-13(19-11)12-9(14)4-3-5-10(12)15/h3-5,8,16H,6-7H2,1-2H3. The SMILES string of the molecule is CC(C)NCCc1nnc(-c2c(F)cccc2F)o1. The van der Waals surface area contributed by atoms with Crippen LogP contribution in [0.4, 0.5) is 8.78 Å². The van der Waals surface area contributed by atoms with Crippen molar-refractivity contribution in [1.82, 2.24) is 15.5 Å². The zero-order chi connectivity index (χ0) is 13.8. The predicted octanol–water partition coefficient (Wildman–Crippen LogP) is 2.56. The Hall–Kier alpha value is -1.82. The average Bonchev–Trinajstić information content (AvgIpc) is 2.77. The minimum Gasteiger partial charge on any atom is -0.420 e. The highest BCUT2D eigenvalue weighted by molar-refractivity contribution is 5.54. The quantitative estimate of drug-likeness (QED) is 0.904. The lowest BCUT2D eigenvalue weighted by Gasteiger charge is -2.04. The van der Waals surface area contributed by atoms with Crippen molar-refractivity contribution in [3.8, 4) is 11.5 Å². The molecule has 19 heavy (non-hydrogen) atoms. The number of benzene rings is 1. The van der Waals surface area contributed by atoms with Gasteiger partial charge >= 0.3 is 0 Å². The molecule has 0 saturated carbocycles. The minimum atomic E-state index is -0.712. The van der Waals surface area contributed by atoms with Crippen LogP contribution in [0.5, 0.6) is 0 Å². The molecule has 1 aromatic carbocycles. The molecular formula is C13H15F2N3O. The second-order valence-electron chi connectivity index (χ2n) is 4.46. The van der Waals surface area contributed by atoms with E-state index >= 15 is 0 Å². The number of aromatic nitrogens is 2. The average molecular weight is 267 g/mol. The van der Waals surface area contributed by atoms with Gasteiger partial charge in [-0.15, -0.1) is 10.2 Å². The van der Waals surface area contributed by atoms with Gasteiger partial charge in [-0.2, -0.15) is 0 Å². The highest BCUT2D eigenvalue weighted by Gasteiger charge is 2.17. The third kappa shape index (κ3) is 3.35. The van der Waals surface area contributed by atoms with Gasteiger partial charge in [0.1, 0.15) is 17.2 Å². The Bertz CT molecular complexity index is 534. The van der Waals surface area contributed by atoms with Gasteiger partial charge in [0.15, 0.2) is 0 Å². The summed E-state index contributed by atoms with van der Waals surface area (Å²) in [5.74, 6) is -1.20. The summed E-state index contributed by atoms with van der Waals surface area (Å²) in [5, 5.41) is 10.7. The molecule has 0 spiro atoms. The lowest BCUT2D eigenvalue weighted by Crippen LogP contribution is -2.25. The van der Waals surface area contributed by atoms with Gasteiger partial charge < -0.3 is 9.73 Å². The maximum absolute atomic E-state index is 13.5. The fourth-order valence-corrected chi connectivity index (χ4v) is 1.63. The Morgan fingerprint density at radius 3 is 2.53 bits per heavy atom. The Kier molecular flexibility index (Phi) is 4.21. The van der Waals surface area contributed by atoms with E-state index in [0.29, 0.717) is 24.9 Å². The van der Waals surface area contributed by atoms with Crippen molar-refractivity contribution in [2.45, 2.75) is 26.3 Å². The fraction of sp³-hybridized carbons (Fsp3) is 0.385. The lowest BCUT2D eigenvalue weighted by molar-refractivity contribution is 0.477. The van der Waals surface area contributed by atoms with Crippen molar-refractivity contribution in [2.75, 3.05) is 6.54 Å². The molecule has 6 heteroatoms. The summed E-state index contributed by atoms with van der Waals surface area (Å²) >= 11 is 0. The number of hydrogen-bond donors (Lipinski definition) is 1. The molecule has 0 bridgehead atoms. The maximum Gasteiger partial charge on any atom is 0.253 e. The maximum atomic E-state index is 13.5. The molecule has 0 fully saturated rings. The van der Waals surface area contributed by atoms with Crippen LogP contribution in [0.2, 0.25) is 0 Å². The summed E-state index contributed by atoms with van der Waals surface area (Å²) in [6.45, 7) is 4.71. The second kappa shape index (κ2) is 5.88. The lowest BCUT2D eigenvalue weighted by atomic mass is 10.2. The van der Waals surface area contributed by atoms with Gasteiger partial charge in [0.25, 0.3) is 5.89 Å². The van der Waals surface area contributed by atoms with E-state index in [1.807, 2.05) is 13.8 Å². The first kappa shape index (κ1) is 13.6. The Morgan fingerprint density at radius 1 is 1.21 bits per heavy atom. The van der Waals surface area contributed by atoms with Crippen molar-refractivity contribution in [2.24, 2.45) is 0 Å². The van der Waals surface area contributed by atoms with Gasteiger partial charge in [-0.25, -0.2) is 8.78 Å². The van der Waals surface area contributed by atoms with Gasteiger partial charge in [0, 0.05) is 19.0 Å². The zero-order valence-corrected chi connectivity index (χ0v) is 10.8. The summed E-state index contributed by atoms with van der Waals surface area (Å²) in [6.07, 6.45) is 0.515. The van der Waals surface area contributed by atoms with Crippen LogP contribution in [0.15, 0.2) is 22.6 Å². The first-order chi connectivity index (χ1) is 9.08. The van der Waals surface area contributed by atoms with E-state index in [1.165, 1.54) is 6.07 Å². The van der Waals surface area contributed by atoms with Crippen LogP contribution in [0.3, 0.4) is 0 Å². The third-order valence-corrected chi connectivity index (χ3v) is 2.53. The number of rotatable bonds is 5. The molecule has 0 atom stereocenters. The van der Waals surface area contributed by atoms with Gasteiger partial charge in [-0.3, -0.25) is 0 Å². The van der Waals surface area contributed by atoms with Crippen molar-refractivity contribution < 1.29 is 13.2 Å². The van der Waals surface area contributed by atoms with Gasteiger partial charge in [0.05, 0.1) is 0 Å². The molecule has 2 aromatic rings. The van der Waals surface area contributed by atoms with Crippen molar-refractivity contribution in [3.05, 3.63) is 35.7 Å². The summed E-state index contributed by atoms with van der Waals surface area (Å²) < 4.78 is 32.3. The molecular weight excluding hydrogens is 252 g/mol. The van der Waals surface area contributed by atoms with Crippen molar-refractivity contribution >= 4 is 0 Å². The fourth-order valence-electron chi connectivity index (χ4n) is 1.63. The van der Waals surface area contributed by atoms with E-state index < -0.39 is 11.6 Å². The Balaban J connectivity index is 2.12. The largest absolute Gasteiger partial charge is 0.420 e. The highest BCUT2D eigenvalue weighted by atomic mass is 19.1. The van der Waals surface area contributed by atoms with Crippen molar-refractivity contribution in [3.63, 3.8) is 0 Å². The van der Waals surface area contributed by atoms with E-state index in [2.05, 4.69) is 15.5 Å². The topological polar surface area (TPSA) is 51.0 Å². The van der Waals surface area contributed by atoms with Crippen LogP contribution >= 0.6 is 0 Å². The summed E-state index contributed by atoms with van der Waals surface area (Å²) in [7, 11) is 0. The molecule has 102 valence electrons. The summed E-state index contributed by atoms with van der Waals surface area (Å²) in [5.41, 5.74) is -0.280. The number of halogens is 2. The molecule has 1 N–H and O–H groups in total. The molecule has 2 rings (SSSR count). The molecule has 0 aliphatic carbocycles. The molecule has 0 aliphatic heterocycles. The van der Waals surface area contributed by atoms with E-state index in [9.17, 15) is 8.78 Å². The number of nitrogens with one attached hydrogen (secondary N) is 1. The van der Waals surface area contributed by atoms with Gasteiger partial charge in [-0.1, -0.05) is 19.9 Å². The number of hydrogen-bond acceptors (Lipinski definition) is 4. The predicted molar refractivity (Wildman–Crippen MR) is 66.5 cm³/mol. The van der Waals surface area contributed by atoms with Gasteiger partial charge in [-0.05, 0) is 12.1 Å². The Morgan fingerprint density at radius 2 is 1.89 bits per heavy atom. The molecule has 0 amide bonds. The van der Waals surface area contributed by atoms with Crippen LogP contribution < -0.4 is 5.32 Å². The number of nitrogens with zero attached hydrogens (tertiary/aromatic N) is 2. The highest BCUT2D eigenvalue weighted by Crippen LogP contribution is 2.24. The van der Waals surface area contributed by atoms with E-state index in [4.69, 9.17) is 4.42 Å². The Labute approximate surface area is 109 Å². The monoisotopic (exact) mass is 267 g/mol. The molecule has 0 unspecified atom stereocenters. The first-order valence-corrected chi connectivity index (χ1v) is 6.08. The van der Waals surface area contributed by atoms with Crippen LogP contribution in [0.1, 0.15) is 19.7 Å². The van der Waals surface area contributed by atoms with Crippen molar-refractivity contribution in [1.29, 1.82) is 0 Å². The van der Waals surface area contributed by atoms with E-state index in [0.717, 1.165) is 12.1 Å². The van der Waals surface area contributed by atoms with Gasteiger partial charge in [0.2, 0.25) is 5.89 Å². The minimum absolute atomic E-state index is 0.129. The summed E-state index contributed by atoms with van der Waals surface area (Å²) in [4.78, 5) is 0. The molecule has 0 radical (unpaired) electrons. The molecule has 0 aliphatic rings. The van der Waals surface area contributed by atoms with E-state index in [1.54, 1.807) is 0 Å². The normalized spacial score (nSPS) is 11.2. The molecule has 1 heterocycles.